The van der Waals surface area contributed by atoms with E-state index in [9.17, 15) is 9.18 Å². The Morgan fingerprint density at radius 2 is 2.12 bits per heavy atom. The van der Waals surface area contributed by atoms with Gasteiger partial charge < -0.3 is 4.98 Å². The molecule has 82 valence electrons. The first-order valence-corrected chi connectivity index (χ1v) is 5.50. The molecule has 3 heteroatoms. The molecule has 1 aliphatic carbocycles. The molecule has 16 heavy (non-hydrogen) atoms. The summed E-state index contributed by atoms with van der Waals surface area (Å²) in [6.07, 6.45) is 2.65. The third-order valence-corrected chi connectivity index (χ3v) is 3.25. The highest BCUT2D eigenvalue weighted by Crippen LogP contribution is 2.22. The highest BCUT2D eigenvalue weighted by atomic mass is 19.1. The second kappa shape index (κ2) is 3.17. The van der Waals surface area contributed by atoms with E-state index in [1.807, 2.05) is 0 Å². The van der Waals surface area contributed by atoms with Gasteiger partial charge in [0.25, 0.3) is 0 Å². The molecule has 0 aliphatic heterocycles. The number of pyridine rings is 1. The summed E-state index contributed by atoms with van der Waals surface area (Å²) in [5.41, 5.74) is 2.91. The molecule has 1 aliphatic rings. The fourth-order valence-corrected chi connectivity index (χ4v) is 2.49. The third-order valence-electron chi connectivity index (χ3n) is 3.25. The molecule has 0 bridgehead atoms. The fourth-order valence-electron chi connectivity index (χ4n) is 2.49. The Kier molecular flexibility index (Phi) is 1.90. The van der Waals surface area contributed by atoms with Crippen LogP contribution in [0.3, 0.4) is 0 Å². The van der Waals surface area contributed by atoms with Crippen LogP contribution in [0.15, 0.2) is 16.9 Å². The van der Waals surface area contributed by atoms with Gasteiger partial charge >= 0.3 is 0 Å². The van der Waals surface area contributed by atoms with E-state index in [0.717, 1.165) is 36.1 Å². The quantitative estimate of drug-likeness (QED) is 0.722. The van der Waals surface area contributed by atoms with Crippen molar-refractivity contribution in [1.82, 2.24) is 4.98 Å². The Balaban J connectivity index is 2.51. The van der Waals surface area contributed by atoms with Gasteiger partial charge in [-0.25, -0.2) is 4.39 Å². The van der Waals surface area contributed by atoms with Crippen molar-refractivity contribution in [2.24, 2.45) is 0 Å². The van der Waals surface area contributed by atoms with Crippen molar-refractivity contribution in [3.05, 3.63) is 45.0 Å². The minimum absolute atomic E-state index is 0.00356. The van der Waals surface area contributed by atoms with Crippen molar-refractivity contribution in [2.75, 3.05) is 0 Å². The van der Waals surface area contributed by atoms with Gasteiger partial charge in [-0.3, -0.25) is 4.79 Å². The number of hydrogen-bond acceptors (Lipinski definition) is 1. The molecule has 0 unspecified atom stereocenters. The maximum Gasteiger partial charge on any atom is 0.192 e. The van der Waals surface area contributed by atoms with Crippen LogP contribution < -0.4 is 5.43 Å². The van der Waals surface area contributed by atoms with Gasteiger partial charge in [0.15, 0.2) is 5.43 Å². The topological polar surface area (TPSA) is 32.9 Å². The SMILES string of the molecule is Cc1cc(F)c2[nH]c3c(c(=O)c2c1)CCC3. The number of rotatable bonds is 0. The average Bonchev–Trinajstić information content (AvgIpc) is 2.68. The van der Waals surface area contributed by atoms with Crippen LogP contribution in [-0.2, 0) is 12.8 Å². The largest absolute Gasteiger partial charge is 0.356 e. The lowest BCUT2D eigenvalue weighted by Gasteiger charge is -2.05. The zero-order chi connectivity index (χ0) is 11.3. The van der Waals surface area contributed by atoms with Crippen molar-refractivity contribution in [3.63, 3.8) is 0 Å². The molecule has 0 amide bonds. The number of halogens is 1. The molecule has 0 saturated carbocycles. The van der Waals surface area contributed by atoms with Crippen LogP contribution in [0.5, 0.6) is 0 Å². The Hall–Kier alpha value is -1.64. The highest BCUT2D eigenvalue weighted by molar-refractivity contribution is 5.81. The van der Waals surface area contributed by atoms with E-state index in [-0.39, 0.29) is 11.2 Å². The molecule has 0 saturated heterocycles. The Labute approximate surface area is 92.1 Å². The number of aromatic nitrogens is 1. The lowest BCUT2D eigenvalue weighted by atomic mass is 10.1. The summed E-state index contributed by atoms with van der Waals surface area (Å²) in [5, 5.41) is 0.484. The molecule has 1 aromatic carbocycles. The second-order valence-electron chi connectivity index (χ2n) is 4.43. The molecule has 2 nitrogen and oxygen atoms in total. The number of H-pyrrole nitrogens is 1. The number of fused-ring (bicyclic) bond motifs is 2. The van der Waals surface area contributed by atoms with Gasteiger partial charge in [0.1, 0.15) is 5.82 Å². The molecule has 0 atom stereocenters. The van der Waals surface area contributed by atoms with Gasteiger partial charge in [-0.2, -0.15) is 0 Å². The van der Waals surface area contributed by atoms with Crippen LogP contribution in [0.4, 0.5) is 4.39 Å². The van der Waals surface area contributed by atoms with Crippen molar-refractivity contribution >= 4 is 10.9 Å². The summed E-state index contributed by atoms with van der Waals surface area (Å²) in [4.78, 5) is 15.2. The molecule has 1 N–H and O–H groups in total. The second-order valence-corrected chi connectivity index (χ2v) is 4.43. The fraction of sp³-hybridized carbons (Fsp3) is 0.308. The minimum atomic E-state index is -0.332. The normalized spacial score (nSPS) is 14.4. The average molecular weight is 217 g/mol. The first-order valence-electron chi connectivity index (χ1n) is 5.50. The van der Waals surface area contributed by atoms with E-state index >= 15 is 0 Å². The zero-order valence-electron chi connectivity index (χ0n) is 9.06. The monoisotopic (exact) mass is 217 g/mol. The summed E-state index contributed by atoms with van der Waals surface area (Å²) < 4.78 is 13.7. The van der Waals surface area contributed by atoms with Gasteiger partial charge in [-0.1, -0.05) is 0 Å². The van der Waals surface area contributed by atoms with Crippen molar-refractivity contribution < 1.29 is 4.39 Å². The predicted molar refractivity (Wildman–Crippen MR) is 61.3 cm³/mol. The summed E-state index contributed by atoms with van der Waals surface area (Å²) in [5.74, 6) is -0.332. The van der Waals surface area contributed by atoms with E-state index in [2.05, 4.69) is 4.98 Å². The molecular weight excluding hydrogens is 205 g/mol. The highest BCUT2D eigenvalue weighted by Gasteiger charge is 2.18. The molecule has 3 rings (SSSR count). The van der Waals surface area contributed by atoms with E-state index in [0.29, 0.717) is 10.9 Å². The number of nitrogens with one attached hydrogen (secondary N) is 1. The number of aryl methyl sites for hydroxylation is 2. The summed E-state index contributed by atoms with van der Waals surface area (Å²) in [6.45, 7) is 1.80. The van der Waals surface area contributed by atoms with Crippen molar-refractivity contribution in [1.29, 1.82) is 0 Å². The van der Waals surface area contributed by atoms with Gasteiger partial charge in [-0.15, -0.1) is 0 Å². The zero-order valence-corrected chi connectivity index (χ0v) is 9.06. The maximum atomic E-state index is 13.7. The van der Waals surface area contributed by atoms with E-state index in [4.69, 9.17) is 0 Å². The summed E-state index contributed by atoms with van der Waals surface area (Å²) in [6, 6.07) is 3.22. The first kappa shape index (κ1) is 9.58. The maximum absolute atomic E-state index is 13.7. The van der Waals surface area contributed by atoms with Crippen LogP contribution in [-0.4, -0.2) is 4.98 Å². The van der Waals surface area contributed by atoms with Gasteiger partial charge in [0.05, 0.1) is 5.52 Å². The van der Waals surface area contributed by atoms with Gasteiger partial charge in [-0.05, 0) is 43.9 Å². The Bertz CT molecular complexity index is 642. The molecule has 0 fully saturated rings. The molecule has 1 heterocycles. The van der Waals surface area contributed by atoms with E-state index in [1.54, 1.807) is 13.0 Å². The molecule has 1 aromatic heterocycles. The van der Waals surface area contributed by atoms with E-state index in [1.165, 1.54) is 6.07 Å². The van der Waals surface area contributed by atoms with Crippen LogP contribution >= 0.6 is 0 Å². The number of hydrogen-bond donors (Lipinski definition) is 1. The third kappa shape index (κ3) is 1.21. The lowest BCUT2D eigenvalue weighted by Crippen LogP contribution is -2.11. The van der Waals surface area contributed by atoms with Crippen molar-refractivity contribution in [3.8, 4) is 0 Å². The standard InChI is InChI=1S/C13H12FNO/c1-7-5-9-12(10(14)6-7)15-11-4-2-3-8(11)13(9)16/h5-6H,2-4H2,1H3,(H,15,16). The Morgan fingerprint density at radius 1 is 1.31 bits per heavy atom. The molecule has 0 spiro atoms. The van der Waals surface area contributed by atoms with Crippen LogP contribution in [0.1, 0.15) is 23.2 Å². The number of aromatic amines is 1. The summed E-state index contributed by atoms with van der Waals surface area (Å²) in [7, 11) is 0. The van der Waals surface area contributed by atoms with Crippen LogP contribution in [0, 0.1) is 12.7 Å². The first-order chi connectivity index (χ1) is 7.66. The Morgan fingerprint density at radius 3 is 2.94 bits per heavy atom. The van der Waals surface area contributed by atoms with Crippen LogP contribution in [0.25, 0.3) is 10.9 Å². The minimum Gasteiger partial charge on any atom is -0.356 e. The molecule has 0 radical (unpaired) electrons. The van der Waals surface area contributed by atoms with E-state index < -0.39 is 0 Å². The predicted octanol–water partition coefficient (Wildman–Crippen LogP) is 2.46. The summed E-state index contributed by atoms with van der Waals surface area (Å²) >= 11 is 0. The van der Waals surface area contributed by atoms with Gasteiger partial charge in [0, 0.05) is 16.6 Å². The number of benzene rings is 1. The molecular formula is C13H12FNO. The lowest BCUT2D eigenvalue weighted by molar-refractivity contribution is 0.635. The van der Waals surface area contributed by atoms with Crippen molar-refractivity contribution in [2.45, 2.75) is 26.2 Å². The molecule has 2 aromatic rings. The smallest absolute Gasteiger partial charge is 0.192 e. The van der Waals surface area contributed by atoms with Gasteiger partial charge in [0.2, 0.25) is 0 Å². The van der Waals surface area contributed by atoms with Crippen LogP contribution in [0.2, 0.25) is 0 Å².